The number of amides is 2. The van der Waals surface area contributed by atoms with E-state index in [1.54, 1.807) is 0 Å². The molecule has 0 spiro atoms. The summed E-state index contributed by atoms with van der Waals surface area (Å²) in [6, 6.07) is 15.9. The normalized spacial score (nSPS) is 17.9. The number of aryl methyl sites for hydroxylation is 1. The van der Waals surface area contributed by atoms with E-state index < -0.39 is 6.04 Å². The minimum atomic E-state index is -0.605. The molecule has 206 valence electrons. The number of hydrogen-bond donors (Lipinski definition) is 3. The van der Waals surface area contributed by atoms with Crippen LogP contribution < -0.4 is 16.4 Å². The summed E-state index contributed by atoms with van der Waals surface area (Å²) in [5, 5.41) is 7.15. The van der Waals surface area contributed by atoms with Crippen LogP contribution in [-0.2, 0) is 29.0 Å². The molecule has 8 heteroatoms. The summed E-state index contributed by atoms with van der Waals surface area (Å²) in [7, 11) is 2.24. The lowest BCUT2D eigenvalue weighted by atomic mass is 9.97. The van der Waals surface area contributed by atoms with Crippen molar-refractivity contribution in [3.63, 3.8) is 0 Å². The first-order valence-corrected chi connectivity index (χ1v) is 14.3. The van der Waals surface area contributed by atoms with E-state index in [4.69, 9.17) is 17.3 Å². The average Bonchev–Trinajstić information content (AvgIpc) is 2.96. The molecule has 2 fully saturated rings. The lowest BCUT2D eigenvalue weighted by Crippen LogP contribution is -2.55. The molecule has 0 radical (unpaired) electrons. The zero-order valence-electron chi connectivity index (χ0n) is 22.5. The molecule has 0 aliphatic carbocycles. The van der Waals surface area contributed by atoms with Gasteiger partial charge in [-0.2, -0.15) is 0 Å². The van der Waals surface area contributed by atoms with Crippen LogP contribution in [0.4, 0.5) is 0 Å². The Morgan fingerprint density at radius 2 is 1.66 bits per heavy atom. The van der Waals surface area contributed by atoms with E-state index in [0.29, 0.717) is 42.9 Å². The van der Waals surface area contributed by atoms with Crippen LogP contribution in [0, 0.1) is 0 Å². The molecule has 0 unspecified atom stereocenters. The molecular weight excluding hydrogens is 498 g/mol. The minimum Gasteiger partial charge on any atom is -0.344 e. The molecule has 2 saturated heterocycles. The van der Waals surface area contributed by atoms with Crippen molar-refractivity contribution >= 4 is 23.4 Å². The van der Waals surface area contributed by atoms with Crippen molar-refractivity contribution in [1.82, 2.24) is 20.4 Å². The Balaban J connectivity index is 1.37. The highest BCUT2D eigenvalue weighted by Crippen LogP contribution is 2.22. The van der Waals surface area contributed by atoms with Crippen molar-refractivity contribution in [3.8, 4) is 0 Å². The van der Waals surface area contributed by atoms with Crippen molar-refractivity contribution in [2.45, 2.75) is 69.6 Å². The third kappa shape index (κ3) is 7.79. The summed E-state index contributed by atoms with van der Waals surface area (Å²) in [5.74, 6) is -0.122. The van der Waals surface area contributed by atoms with Crippen LogP contribution in [0.1, 0.15) is 48.8 Å². The monoisotopic (exact) mass is 539 g/mol. The second kappa shape index (κ2) is 14.1. The maximum Gasteiger partial charge on any atom is 0.245 e. The lowest BCUT2D eigenvalue weighted by Gasteiger charge is -2.42. The van der Waals surface area contributed by atoms with E-state index in [2.05, 4.69) is 22.6 Å². The maximum atomic E-state index is 13.7. The number of halogens is 1. The zero-order chi connectivity index (χ0) is 26.9. The molecule has 2 amide bonds. The molecule has 38 heavy (non-hydrogen) atoms. The van der Waals surface area contributed by atoms with E-state index in [0.717, 1.165) is 55.7 Å². The van der Waals surface area contributed by atoms with Gasteiger partial charge in [-0.3, -0.25) is 9.59 Å². The molecule has 4 rings (SSSR count). The van der Waals surface area contributed by atoms with E-state index in [-0.39, 0.29) is 11.8 Å². The van der Waals surface area contributed by atoms with Crippen LogP contribution >= 0.6 is 11.6 Å². The number of likely N-dealkylation sites (tertiary alicyclic amines) is 1. The van der Waals surface area contributed by atoms with Crippen LogP contribution in [0.5, 0.6) is 0 Å². The van der Waals surface area contributed by atoms with E-state index in [1.165, 1.54) is 12.8 Å². The van der Waals surface area contributed by atoms with Crippen LogP contribution in [0.3, 0.4) is 0 Å². The Hall–Kier alpha value is -2.45. The summed E-state index contributed by atoms with van der Waals surface area (Å²) < 4.78 is 0. The second-order valence-corrected chi connectivity index (χ2v) is 11.1. The number of benzene rings is 2. The van der Waals surface area contributed by atoms with Crippen molar-refractivity contribution < 1.29 is 9.59 Å². The van der Waals surface area contributed by atoms with Gasteiger partial charge in [0.15, 0.2) is 0 Å². The predicted octanol–water partition coefficient (Wildman–Crippen LogP) is 3.13. The maximum absolute atomic E-state index is 13.7. The molecule has 0 aromatic heterocycles. The van der Waals surface area contributed by atoms with Gasteiger partial charge in [-0.1, -0.05) is 48.0 Å². The third-order valence-electron chi connectivity index (χ3n) is 8.18. The lowest BCUT2D eigenvalue weighted by molar-refractivity contribution is -0.137. The number of nitrogens with zero attached hydrogens (tertiary/aromatic N) is 2. The molecule has 7 nitrogen and oxygen atoms in total. The first-order chi connectivity index (χ1) is 18.4. The van der Waals surface area contributed by atoms with Gasteiger partial charge in [-0.15, -0.1) is 0 Å². The molecule has 0 saturated carbocycles. The Morgan fingerprint density at radius 3 is 2.32 bits per heavy atom. The van der Waals surface area contributed by atoms with Gasteiger partial charge in [0.2, 0.25) is 11.8 Å². The smallest absolute Gasteiger partial charge is 0.245 e. The van der Waals surface area contributed by atoms with Gasteiger partial charge in [0.25, 0.3) is 0 Å². The molecule has 2 aliphatic rings. The Morgan fingerprint density at radius 1 is 1.03 bits per heavy atom. The van der Waals surface area contributed by atoms with Crippen molar-refractivity contribution in [3.05, 3.63) is 70.2 Å². The SMILES string of the molecule is CN(C1CCNCC1)C1CCN(C(=O)[C@@H](Cc2ccc(Cl)cc2)NC(=O)CCc2ccccc2CN)CC1. The molecular formula is C30H42ClN5O2. The predicted molar refractivity (Wildman–Crippen MR) is 153 cm³/mol. The summed E-state index contributed by atoms with van der Waals surface area (Å²) >= 11 is 6.07. The number of piperidine rings is 2. The van der Waals surface area contributed by atoms with Gasteiger partial charge in [0, 0.05) is 49.6 Å². The summed E-state index contributed by atoms with van der Waals surface area (Å²) in [6.45, 7) is 4.04. The van der Waals surface area contributed by atoms with Gasteiger partial charge in [-0.05, 0) is 81.1 Å². The quantitative estimate of drug-likeness (QED) is 0.431. The average molecular weight is 540 g/mol. The highest BCUT2D eigenvalue weighted by molar-refractivity contribution is 6.30. The highest BCUT2D eigenvalue weighted by atomic mass is 35.5. The number of hydrogen-bond acceptors (Lipinski definition) is 5. The van der Waals surface area contributed by atoms with Gasteiger partial charge in [0.1, 0.15) is 6.04 Å². The third-order valence-corrected chi connectivity index (χ3v) is 8.43. The summed E-state index contributed by atoms with van der Waals surface area (Å²) in [4.78, 5) is 31.2. The standard InChI is InChI=1S/C30H42ClN5O2/c1-35(26-12-16-33-17-13-26)27-14-18-36(19-15-27)30(38)28(20-22-6-9-25(31)10-7-22)34-29(37)11-8-23-4-2-3-5-24(23)21-32/h2-7,9-10,26-28,33H,8,11-21,32H2,1H3,(H,34,37)/t28-/m1/s1. The number of nitrogens with two attached hydrogens (primary N) is 1. The molecule has 2 heterocycles. The van der Waals surface area contributed by atoms with Crippen LogP contribution in [0.2, 0.25) is 5.02 Å². The fourth-order valence-electron chi connectivity index (χ4n) is 5.80. The fourth-order valence-corrected chi connectivity index (χ4v) is 5.92. The van der Waals surface area contributed by atoms with Gasteiger partial charge < -0.3 is 26.2 Å². The molecule has 2 aromatic rings. The minimum absolute atomic E-state index is 0.00127. The van der Waals surface area contributed by atoms with E-state index >= 15 is 0 Å². The van der Waals surface area contributed by atoms with Crippen LogP contribution in [-0.4, -0.2) is 73.0 Å². The Kier molecular flexibility index (Phi) is 10.6. The Bertz CT molecular complexity index is 1050. The first-order valence-electron chi connectivity index (χ1n) is 14.0. The first kappa shape index (κ1) is 28.6. The van der Waals surface area contributed by atoms with Gasteiger partial charge in [-0.25, -0.2) is 0 Å². The van der Waals surface area contributed by atoms with E-state index in [1.807, 2.05) is 53.4 Å². The number of nitrogens with one attached hydrogen (secondary N) is 2. The number of carbonyl (C=O) groups excluding carboxylic acids is 2. The van der Waals surface area contributed by atoms with E-state index in [9.17, 15) is 9.59 Å². The largest absolute Gasteiger partial charge is 0.344 e. The molecule has 2 aliphatic heterocycles. The van der Waals surface area contributed by atoms with Gasteiger partial charge >= 0.3 is 0 Å². The molecule has 1 atom stereocenters. The number of carbonyl (C=O) groups is 2. The van der Waals surface area contributed by atoms with Crippen molar-refractivity contribution in [1.29, 1.82) is 0 Å². The highest BCUT2D eigenvalue weighted by Gasteiger charge is 2.32. The number of rotatable bonds is 10. The zero-order valence-corrected chi connectivity index (χ0v) is 23.3. The second-order valence-electron chi connectivity index (χ2n) is 10.6. The molecule has 4 N–H and O–H groups in total. The molecule has 0 bridgehead atoms. The van der Waals surface area contributed by atoms with Crippen LogP contribution in [0.15, 0.2) is 48.5 Å². The van der Waals surface area contributed by atoms with Gasteiger partial charge in [0.05, 0.1) is 0 Å². The topological polar surface area (TPSA) is 90.7 Å². The molecule has 2 aromatic carbocycles. The summed E-state index contributed by atoms with van der Waals surface area (Å²) in [5.41, 5.74) is 8.96. The fraction of sp³-hybridized carbons (Fsp3) is 0.533. The Labute approximate surface area is 232 Å². The van der Waals surface area contributed by atoms with Crippen molar-refractivity contribution in [2.24, 2.45) is 5.73 Å². The summed E-state index contributed by atoms with van der Waals surface area (Å²) in [6.07, 6.45) is 5.63. The van der Waals surface area contributed by atoms with Crippen molar-refractivity contribution in [2.75, 3.05) is 33.2 Å². The van der Waals surface area contributed by atoms with Crippen LogP contribution in [0.25, 0.3) is 0 Å².